The van der Waals surface area contributed by atoms with Gasteiger partial charge in [-0.05, 0) is 62.5 Å². The van der Waals surface area contributed by atoms with Gasteiger partial charge in [-0.15, -0.1) is 0 Å². The molecular weight excluding hydrogens is 288 g/mol. The second-order valence-electron chi connectivity index (χ2n) is 7.94. The van der Waals surface area contributed by atoms with Crippen molar-refractivity contribution in [1.29, 1.82) is 0 Å². The summed E-state index contributed by atoms with van der Waals surface area (Å²) in [5, 5.41) is 0. The second kappa shape index (κ2) is 9.06. The number of allylic oxidation sites excluding steroid dienone is 11. The molecule has 2 atom stereocenters. The van der Waals surface area contributed by atoms with Gasteiger partial charge in [0.2, 0.25) is 0 Å². The molecule has 0 saturated heterocycles. The van der Waals surface area contributed by atoms with Gasteiger partial charge in [0.25, 0.3) is 0 Å². The normalized spacial score (nSPS) is 29.0. The van der Waals surface area contributed by atoms with Crippen molar-refractivity contribution < 1.29 is 0 Å². The van der Waals surface area contributed by atoms with Crippen LogP contribution in [0.3, 0.4) is 0 Å². The molecule has 0 aromatic rings. The van der Waals surface area contributed by atoms with Gasteiger partial charge in [0, 0.05) is 5.41 Å². The van der Waals surface area contributed by atoms with Gasteiger partial charge in [-0.25, -0.2) is 0 Å². The summed E-state index contributed by atoms with van der Waals surface area (Å²) in [4.78, 5) is 0. The van der Waals surface area contributed by atoms with Crippen LogP contribution in [0, 0.1) is 16.7 Å². The summed E-state index contributed by atoms with van der Waals surface area (Å²) in [7, 11) is 0. The van der Waals surface area contributed by atoms with E-state index in [4.69, 9.17) is 0 Å². The molecular formula is C24H36. The van der Waals surface area contributed by atoms with Gasteiger partial charge >= 0.3 is 0 Å². The minimum absolute atomic E-state index is 0.0495. The fourth-order valence-electron chi connectivity index (χ4n) is 4.61. The van der Waals surface area contributed by atoms with E-state index in [1.807, 2.05) is 6.08 Å². The fraction of sp³-hybridized carbons (Fsp3) is 0.500. The summed E-state index contributed by atoms with van der Waals surface area (Å²) in [6.45, 7) is 17.5. The average molecular weight is 325 g/mol. The van der Waals surface area contributed by atoms with Crippen LogP contribution in [0.25, 0.3) is 0 Å². The van der Waals surface area contributed by atoms with Crippen LogP contribution in [0.4, 0.5) is 0 Å². The van der Waals surface area contributed by atoms with Crippen molar-refractivity contribution in [3.05, 3.63) is 72.4 Å². The van der Waals surface area contributed by atoms with Crippen molar-refractivity contribution in [2.45, 2.75) is 60.8 Å². The molecule has 0 aliphatic heterocycles. The fourth-order valence-corrected chi connectivity index (χ4v) is 4.61. The predicted octanol–water partition coefficient (Wildman–Crippen LogP) is 7.59. The van der Waals surface area contributed by atoms with E-state index in [9.17, 15) is 0 Å². The summed E-state index contributed by atoms with van der Waals surface area (Å²) >= 11 is 0. The van der Waals surface area contributed by atoms with Crippen molar-refractivity contribution in [1.82, 2.24) is 0 Å². The van der Waals surface area contributed by atoms with E-state index in [1.165, 1.54) is 30.4 Å². The molecule has 0 heteroatoms. The highest BCUT2D eigenvalue weighted by atomic mass is 14.5. The Morgan fingerprint density at radius 2 is 1.50 bits per heavy atom. The third-order valence-corrected chi connectivity index (χ3v) is 4.94. The topological polar surface area (TPSA) is 0 Å². The molecule has 0 nitrogen and oxygen atoms in total. The van der Waals surface area contributed by atoms with Crippen molar-refractivity contribution in [3.8, 4) is 0 Å². The molecule has 1 aliphatic carbocycles. The van der Waals surface area contributed by atoms with Crippen LogP contribution in [0.5, 0.6) is 0 Å². The molecule has 1 saturated carbocycles. The Balaban J connectivity index is 3.66. The molecule has 1 rings (SSSR count). The highest BCUT2D eigenvalue weighted by Gasteiger charge is 2.45. The zero-order valence-corrected chi connectivity index (χ0v) is 16.6. The first-order chi connectivity index (χ1) is 11.3. The van der Waals surface area contributed by atoms with Crippen LogP contribution in [-0.2, 0) is 0 Å². The molecule has 0 aromatic heterocycles. The molecule has 1 aliphatic rings. The maximum atomic E-state index is 3.97. The van der Waals surface area contributed by atoms with Gasteiger partial charge in [0.05, 0.1) is 0 Å². The average Bonchev–Trinajstić information content (AvgIpc) is 2.49. The van der Waals surface area contributed by atoms with Crippen LogP contribution in [-0.4, -0.2) is 0 Å². The molecule has 0 aromatic carbocycles. The molecule has 132 valence electrons. The third kappa shape index (κ3) is 4.97. The molecule has 0 spiro atoms. The Morgan fingerprint density at radius 1 is 0.917 bits per heavy atom. The van der Waals surface area contributed by atoms with E-state index >= 15 is 0 Å². The molecule has 2 unspecified atom stereocenters. The Labute approximate surface area is 150 Å². The highest BCUT2D eigenvalue weighted by Crippen LogP contribution is 2.56. The lowest BCUT2D eigenvalue weighted by molar-refractivity contribution is 0.103. The summed E-state index contributed by atoms with van der Waals surface area (Å²) in [6, 6.07) is 0. The molecule has 0 amide bonds. The van der Waals surface area contributed by atoms with Crippen LogP contribution >= 0.6 is 0 Å². The number of hydrogen-bond acceptors (Lipinski definition) is 0. The third-order valence-electron chi connectivity index (χ3n) is 4.94. The first-order valence-corrected chi connectivity index (χ1v) is 9.27. The zero-order chi connectivity index (χ0) is 18.2. The highest BCUT2D eigenvalue weighted by molar-refractivity contribution is 5.45. The lowest BCUT2D eigenvalue weighted by Gasteiger charge is -2.49. The van der Waals surface area contributed by atoms with E-state index in [-0.39, 0.29) is 5.41 Å². The molecule has 0 heterocycles. The summed E-state index contributed by atoms with van der Waals surface area (Å²) < 4.78 is 0. The maximum Gasteiger partial charge on any atom is 0.0210 e. The summed E-state index contributed by atoms with van der Waals surface area (Å²) in [6.07, 6.45) is 23.3. The van der Waals surface area contributed by atoms with Gasteiger partial charge in [-0.3, -0.25) is 0 Å². The Morgan fingerprint density at radius 3 is 1.96 bits per heavy atom. The van der Waals surface area contributed by atoms with Crippen molar-refractivity contribution in [2.24, 2.45) is 16.7 Å². The molecule has 0 bridgehead atoms. The lowest BCUT2D eigenvalue weighted by atomic mass is 9.54. The standard InChI is InChI=1S/C24H36/c1-8-12-16-22(15-11-4)24(21(13-9-2)14-10-3)18-20(5)17-23(6,7)19-24/h8-16,20H,2,17-19H2,1,3-7H3/b12-8-,14-10-,15-11-,21-13+,22-16+. The summed E-state index contributed by atoms with van der Waals surface area (Å²) in [5.41, 5.74) is 3.17. The first-order valence-electron chi connectivity index (χ1n) is 9.27. The van der Waals surface area contributed by atoms with Gasteiger partial charge in [-0.2, -0.15) is 0 Å². The monoisotopic (exact) mass is 324 g/mol. The van der Waals surface area contributed by atoms with Gasteiger partial charge < -0.3 is 0 Å². The molecule has 24 heavy (non-hydrogen) atoms. The Kier molecular flexibility index (Phi) is 7.73. The van der Waals surface area contributed by atoms with E-state index in [0.29, 0.717) is 11.3 Å². The lowest BCUT2D eigenvalue weighted by Crippen LogP contribution is -2.39. The SMILES string of the molecule is C=C/C=C(\C=C/C)C1(C(/C=C\C)=C/C=C\C)CC(C)CC(C)(C)C1. The summed E-state index contributed by atoms with van der Waals surface area (Å²) in [5.74, 6) is 0.700. The first kappa shape index (κ1) is 20.5. The zero-order valence-electron chi connectivity index (χ0n) is 16.6. The van der Waals surface area contributed by atoms with E-state index in [0.717, 1.165) is 0 Å². The van der Waals surface area contributed by atoms with Gasteiger partial charge in [0.1, 0.15) is 0 Å². The van der Waals surface area contributed by atoms with E-state index < -0.39 is 0 Å². The second-order valence-corrected chi connectivity index (χ2v) is 7.94. The number of hydrogen-bond donors (Lipinski definition) is 0. The van der Waals surface area contributed by atoms with Crippen molar-refractivity contribution in [3.63, 3.8) is 0 Å². The quantitative estimate of drug-likeness (QED) is 0.441. The molecule has 0 radical (unpaired) electrons. The predicted molar refractivity (Wildman–Crippen MR) is 110 cm³/mol. The van der Waals surface area contributed by atoms with Crippen LogP contribution in [0.1, 0.15) is 60.8 Å². The van der Waals surface area contributed by atoms with Crippen molar-refractivity contribution in [2.75, 3.05) is 0 Å². The van der Waals surface area contributed by atoms with E-state index in [2.05, 4.69) is 96.7 Å². The van der Waals surface area contributed by atoms with Crippen molar-refractivity contribution >= 4 is 0 Å². The van der Waals surface area contributed by atoms with Crippen LogP contribution in [0.2, 0.25) is 0 Å². The van der Waals surface area contributed by atoms with Gasteiger partial charge in [0.15, 0.2) is 0 Å². The Hall–Kier alpha value is -1.56. The van der Waals surface area contributed by atoms with Gasteiger partial charge in [-0.1, -0.05) is 82.0 Å². The number of rotatable bonds is 6. The minimum Gasteiger partial charge on any atom is -0.0991 e. The van der Waals surface area contributed by atoms with Crippen LogP contribution in [0.15, 0.2) is 72.4 Å². The maximum absolute atomic E-state index is 3.97. The van der Waals surface area contributed by atoms with Crippen LogP contribution < -0.4 is 0 Å². The van der Waals surface area contributed by atoms with E-state index in [1.54, 1.807) is 0 Å². The Bertz CT molecular complexity index is 563. The largest absolute Gasteiger partial charge is 0.0991 e. The molecule has 1 fully saturated rings. The molecule has 0 N–H and O–H groups in total. The smallest absolute Gasteiger partial charge is 0.0210 e. The minimum atomic E-state index is 0.0495.